The van der Waals surface area contributed by atoms with Crippen molar-refractivity contribution < 1.29 is 5.11 Å². The van der Waals surface area contributed by atoms with Crippen molar-refractivity contribution in [3.05, 3.63) is 0 Å². The predicted molar refractivity (Wildman–Crippen MR) is 83.3 cm³/mol. The van der Waals surface area contributed by atoms with Crippen LogP contribution in [0.4, 0.5) is 0 Å². The Balaban J connectivity index is 2.29. The van der Waals surface area contributed by atoms with Gasteiger partial charge in [-0.2, -0.15) is 0 Å². The molecule has 0 aliphatic heterocycles. The second-order valence-corrected chi connectivity index (χ2v) is 7.96. The summed E-state index contributed by atoms with van der Waals surface area (Å²) in [6, 6.07) is 0.620. The maximum absolute atomic E-state index is 9.94. The van der Waals surface area contributed by atoms with Crippen molar-refractivity contribution in [2.24, 2.45) is 17.3 Å². The molecule has 114 valence electrons. The molecule has 0 aromatic heterocycles. The van der Waals surface area contributed by atoms with Crippen molar-refractivity contribution >= 4 is 0 Å². The van der Waals surface area contributed by atoms with E-state index in [4.69, 9.17) is 0 Å². The van der Waals surface area contributed by atoms with Crippen LogP contribution < -0.4 is 5.32 Å². The molecule has 19 heavy (non-hydrogen) atoms. The van der Waals surface area contributed by atoms with E-state index in [1.165, 1.54) is 32.1 Å². The first-order valence-electron chi connectivity index (χ1n) is 8.20. The summed E-state index contributed by atoms with van der Waals surface area (Å²) < 4.78 is 0. The highest BCUT2D eigenvalue weighted by Gasteiger charge is 2.27. The lowest BCUT2D eigenvalue weighted by molar-refractivity contribution is 0.141. The van der Waals surface area contributed by atoms with Gasteiger partial charge in [0, 0.05) is 12.6 Å². The zero-order valence-electron chi connectivity index (χ0n) is 13.7. The van der Waals surface area contributed by atoms with Gasteiger partial charge in [-0.1, -0.05) is 41.0 Å². The number of hydrogen-bond acceptors (Lipinski definition) is 2. The van der Waals surface area contributed by atoms with E-state index >= 15 is 0 Å². The minimum Gasteiger partial charge on any atom is -0.392 e. The highest BCUT2D eigenvalue weighted by atomic mass is 16.3. The van der Waals surface area contributed by atoms with E-state index in [0.717, 1.165) is 18.9 Å². The van der Waals surface area contributed by atoms with E-state index in [-0.39, 0.29) is 6.10 Å². The van der Waals surface area contributed by atoms with Crippen LogP contribution in [0.1, 0.15) is 73.1 Å². The molecule has 1 rings (SSSR count). The SMILES string of the molecule is CC(C)CC(O)CNC1CCCC(C(C)(C)C)CC1. The van der Waals surface area contributed by atoms with Gasteiger partial charge in [0.05, 0.1) is 6.10 Å². The van der Waals surface area contributed by atoms with Gasteiger partial charge in [0.1, 0.15) is 0 Å². The molecule has 3 atom stereocenters. The minimum absolute atomic E-state index is 0.179. The Bertz CT molecular complexity index is 244. The van der Waals surface area contributed by atoms with E-state index in [1.807, 2.05) is 0 Å². The van der Waals surface area contributed by atoms with Gasteiger partial charge in [0.25, 0.3) is 0 Å². The van der Waals surface area contributed by atoms with Crippen LogP contribution in [-0.2, 0) is 0 Å². The molecule has 0 saturated heterocycles. The van der Waals surface area contributed by atoms with Gasteiger partial charge >= 0.3 is 0 Å². The molecular formula is C17H35NO. The molecule has 3 unspecified atom stereocenters. The van der Waals surface area contributed by atoms with Crippen LogP contribution in [0.5, 0.6) is 0 Å². The van der Waals surface area contributed by atoms with Crippen LogP contribution in [0.25, 0.3) is 0 Å². The Morgan fingerprint density at radius 3 is 2.37 bits per heavy atom. The summed E-state index contributed by atoms with van der Waals surface area (Å²) in [7, 11) is 0. The number of nitrogens with one attached hydrogen (secondary N) is 1. The molecular weight excluding hydrogens is 234 g/mol. The first-order valence-corrected chi connectivity index (χ1v) is 8.20. The monoisotopic (exact) mass is 269 g/mol. The summed E-state index contributed by atoms with van der Waals surface area (Å²) in [4.78, 5) is 0. The van der Waals surface area contributed by atoms with E-state index in [9.17, 15) is 5.11 Å². The summed E-state index contributed by atoms with van der Waals surface area (Å²) in [5.41, 5.74) is 0.450. The van der Waals surface area contributed by atoms with Gasteiger partial charge in [0.15, 0.2) is 0 Å². The Labute approximate surface area is 120 Å². The molecule has 0 heterocycles. The van der Waals surface area contributed by atoms with Crippen LogP contribution in [0.2, 0.25) is 0 Å². The third-order valence-corrected chi connectivity index (χ3v) is 4.58. The topological polar surface area (TPSA) is 32.3 Å². The lowest BCUT2D eigenvalue weighted by Gasteiger charge is -2.29. The number of aliphatic hydroxyl groups excluding tert-OH is 1. The number of rotatable bonds is 5. The smallest absolute Gasteiger partial charge is 0.0667 e. The molecule has 2 nitrogen and oxygen atoms in total. The van der Waals surface area contributed by atoms with Gasteiger partial charge in [0.2, 0.25) is 0 Å². The summed E-state index contributed by atoms with van der Waals surface area (Å²) >= 11 is 0. The molecule has 0 spiro atoms. The van der Waals surface area contributed by atoms with Gasteiger partial charge in [-0.25, -0.2) is 0 Å². The summed E-state index contributed by atoms with van der Waals surface area (Å²) in [5.74, 6) is 1.44. The van der Waals surface area contributed by atoms with Gasteiger partial charge in [-0.05, 0) is 49.4 Å². The quantitative estimate of drug-likeness (QED) is 0.740. The van der Waals surface area contributed by atoms with Crippen molar-refractivity contribution in [3.63, 3.8) is 0 Å². The summed E-state index contributed by atoms with van der Waals surface area (Å²) in [6.07, 6.45) is 7.32. The fourth-order valence-corrected chi connectivity index (χ4v) is 3.30. The van der Waals surface area contributed by atoms with Gasteiger partial charge in [-0.15, -0.1) is 0 Å². The van der Waals surface area contributed by atoms with E-state index in [1.54, 1.807) is 0 Å². The predicted octanol–water partition coefficient (Wildman–Crippen LogP) is 3.98. The molecule has 2 N–H and O–H groups in total. The highest BCUT2D eigenvalue weighted by molar-refractivity contribution is 4.81. The zero-order valence-corrected chi connectivity index (χ0v) is 13.7. The number of aliphatic hydroxyl groups is 1. The fraction of sp³-hybridized carbons (Fsp3) is 1.00. The number of hydrogen-bond donors (Lipinski definition) is 2. The molecule has 1 aliphatic carbocycles. The van der Waals surface area contributed by atoms with E-state index in [2.05, 4.69) is 39.9 Å². The average Bonchev–Trinajstić information content (AvgIpc) is 2.49. The maximum Gasteiger partial charge on any atom is 0.0667 e. The van der Waals surface area contributed by atoms with Crippen LogP contribution in [0.15, 0.2) is 0 Å². The molecule has 0 aromatic carbocycles. The van der Waals surface area contributed by atoms with Crippen molar-refractivity contribution in [2.75, 3.05) is 6.54 Å². The molecule has 1 saturated carbocycles. The third kappa shape index (κ3) is 6.76. The summed E-state index contributed by atoms with van der Waals surface area (Å²) in [6.45, 7) is 12.2. The van der Waals surface area contributed by atoms with Crippen molar-refractivity contribution in [1.29, 1.82) is 0 Å². The Hall–Kier alpha value is -0.0800. The normalized spacial score (nSPS) is 27.3. The lowest BCUT2D eigenvalue weighted by atomic mass is 9.76. The zero-order chi connectivity index (χ0) is 14.5. The minimum atomic E-state index is -0.179. The van der Waals surface area contributed by atoms with Crippen LogP contribution in [-0.4, -0.2) is 23.8 Å². The van der Waals surface area contributed by atoms with Crippen molar-refractivity contribution in [1.82, 2.24) is 5.32 Å². The molecule has 1 aliphatic rings. The van der Waals surface area contributed by atoms with Crippen molar-refractivity contribution in [2.45, 2.75) is 85.3 Å². The van der Waals surface area contributed by atoms with Gasteiger partial charge < -0.3 is 10.4 Å². The van der Waals surface area contributed by atoms with Gasteiger partial charge in [-0.3, -0.25) is 0 Å². The Morgan fingerprint density at radius 1 is 1.11 bits per heavy atom. The standard InChI is InChI=1S/C17H35NO/c1-13(2)11-16(19)12-18-15-8-6-7-14(9-10-15)17(3,4)5/h13-16,18-19H,6-12H2,1-5H3. The largest absolute Gasteiger partial charge is 0.392 e. The van der Waals surface area contributed by atoms with Crippen LogP contribution >= 0.6 is 0 Å². The maximum atomic E-state index is 9.94. The van der Waals surface area contributed by atoms with Crippen LogP contribution in [0, 0.1) is 17.3 Å². The lowest BCUT2D eigenvalue weighted by Crippen LogP contribution is -2.36. The molecule has 0 amide bonds. The molecule has 0 radical (unpaired) electrons. The van der Waals surface area contributed by atoms with Crippen LogP contribution in [0.3, 0.4) is 0 Å². The van der Waals surface area contributed by atoms with Crippen molar-refractivity contribution in [3.8, 4) is 0 Å². The molecule has 2 heteroatoms. The molecule has 0 aromatic rings. The third-order valence-electron chi connectivity index (χ3n) is 4.58. The first kappa shape index (κ1) is 17.0. The second kappa shape index (κ2) is 7.64. The summed E-state index contributed by atoms with van der Waals surface area (Å²) in [5, 5.41) is 13.5. The second-order valence-electron chi connectivity index (χ2n) is 7.96. The average molecular weight is 269 g/mol. The van der Waals surface area contributed by atoms with E-state index < -0.39 is 0 Å². The molecule has 0 bridgehead atoms. The Kier molecular flexibility index (Phi) is 6.82. The molecule has 1 fully saturated rings. The highest BCUT2D eigenvalue weighted by Crippen LogP contribution is 2.36. The Morgan fingerprint density at radius 2 is 1.79 bits per heavy atom. The van der Waals surface area contributed by atoms with E-state index in [0.29, 0.717) is 17.4 Å². The first-order chi connectivity index (χ1) is 8.79. The fourth-order valence-electron chi connectivity index (χ4n) is 3.30.